The van der Waals surface area contributed by atoms with Crippen LogP contribution in [0.5, 0.6) is 0 Å². The molecule has 0 bridgehead atoms. The highest BCUT2D eigenvalue weighted by atomic mass is 19.4. The standard InChI is InChI=1S/C22H24F3N3O2/c1-15(21(30)26-19-8-6-17(7-9-19)16(2)29)27-10-12-28(13-11-27)20-5-3-4-18(14-20)22(23,24)25/h3-9,14-15H,10-13H2,1-2H3,(H,26,30)/t15-/m1/s1. The van der Waals surface area contributed by atoms with Crippen LogP contribution >= 0.6 is 0 Å². The molecule has 2 aromatic rings. The number of piperazine rings is 1. The molecule has 1 atom stereocenters. The number of ketones is 1. The summed E-state index contributed by atoms with van der Waals surface area (Å²) in [4.78, 5) is 27.8. The molecule has 0 saturated carbocycles. The number of carbonyl (C=O) groups is 2. The molecule has 1 N–H and O–H groups in total. The van der Waals surface area contributed by atoms with Gasteiger partial charge in [-0.3, -0.25) is 14.5 Å². The number of nitrogens with one attached hydrogen (secondary N) is 1. The molecule has 8 heteroatoms. The average Bonchev–Trinajstić information content (AvgIpc) is 2.73. The first kappa shape index (κ1) is 21.8. The van der Waals surface area contributed by atoms with Crippen molar-refractivity contribution in [3.05, 3.63) is 59.7 Å². The van der Waals surface area contributed by atoms with Gasteiger partial charge in [-0.1, -0.05) is 6.07 Å². The number of nitrogens with zero attached hydrogens (tertiary/aromatic N) is 2. The van der Waals surface area contributed by atoms with Gasteiger partial charge in [0.1, 0.15) is 0 Å². The van der Waals surface area contributed by atoms with E-state index in [4.69, 9.17) is 0 Å². The number of alkyl halides is 3. The maximum absolute atomic E-state index is 12.9. The highest BCUT2D eigenvalue weighted by Crippen LogP contribution is 2.32. The highest BCUT2D eigenvalue weighted by Gasteiger charge is 2.31. The van der Waals surface area contributed by atoms with Crippen LogP contribution in [0.4, 0.5) is 24.5 Å². The summed E-state index contributed by atoms with van der Waals surface area (Å²) in [7, 11) is 0. The molecule has 3 rings (SSSR count). The van der Waals surface area contributed by atoms with Crippen molar-refractivity contribution in [3.8, 4) is 0 Å². The normalized spacial score (nSPS) is 16.2. The first-order valence-electron chi connectivity index (χ1n) is 9.73. The van der Waals surface area contributed by atoms with Gasteiger partial charge in [0.2, 0.25) is 5.91 Å². The minimum absolute atomic E-state index is 0.0418. The SMILES string of the molecule is CC(=O)c1ccc(NC(=O)[C@@H](C)N2CCN(c3cccc(C(F)(F)F)c3)CC2)cc1. The molecular formula is C22H24F3N3O2. The molecule has 0 aliphatic carbocycles. The topological polar surface area (TPSA) is 52.7 Å². The molecule has 0 aromatic heterocycles. The summed E-state index contributed by atoms with van der Waals surface area (Å²) in [5, 5.41) is 2.84. The van der Waals surface area contributed by atoms with E-state index in [-0.39, 0.29) is 17.7 Å². The van der Waals surface area contributed by atoms with Gasteiger partial charge in [-0.05, 0) is 56.3 Å². The molecule has 1 fully saturated rings. The summed E-state index contributed by atoms with van der Waals surface area (Å²) in [6, 6.07) is 11.6. The van der Waals surface area contributed by atoms with Crippen LogP contribution in [-0.4, -0.2) is 48.8 Å². The van der Waals surface area contributed by atoms with Crippen molar-refractivity contribution in [2.75, 3.05) is 36.4 Å². The van der Waals surface area contributed by atoms with E-state index in [0.717, 1.165) is 12.1 Å². The van der Waals surface area contributed by atoms with Crippen molar-refractivity contribution < 1.29 is 22.8 Å². The molecule has 0 unspecified atom stereocenters. The molecule has 0 spiro atoms. The van der Waals surface area contributed by atoms with E-state index in [2.05, 4.69) is 5.32 Å². The van der Waals surface area contributed by atoms with Crippen LogP contribution in [0, 0.1) is 0 Å². The third kappa shape index (κ3) is 5.18. The Morgan fingerprint density at radius 3 is 2.20 bits per heavy atom. The number of benzene rings is 2. The van der Waals surface area contributed by atoms with Crippen molar-refractivity contribution in [1.29, 1.82) is 0 Å². The Balaban J connectivity index is 1.56. The van der Waals surface area contributed by atoms with Crippen LogP contribution in [-0.2, 0) is 11.0 Å². The number of hydrogen-bond donors (Lipinski definition) is 1. The summed E-state index contributed by atoms with van der Waals surface area (Å²) < 4.78 is 38.8. The van der Waals surface area contributed by atoms with E-state index in [9.17, 15) is 22.8 Å². The maximum Gasteiger partial charge on any atom is 0.416 e. The van der Waals surface area contributed by atoms with E-state index in [0.29, 0.717) is 43.1 Å². The van der Waals surface area contributed by atoms with Crippen molar-refractivity contribution in [3.63, 3.8) is 0 Å². The second-order valence-corrected chi connectivity index (χ2v) is 7.37. The van der Waals surface area contributed by atoms with Gasteiger partial charge in [-0.15, -0.1) is 0 Å². The second-order valence-electron chi connectivity index (χ2n) is 7.37. The maximum atomic E-state index is 12.9. The fourth-order valence-electron chi connectivity index (χ4n) is 3.45. The van der Waals surface area contributed by atoms with Crippen LogP contribution in [0.3, 0.4) is 0 Å². The van der Waals surface area contributed by atoms with Gasteiger partial charge in [0.05, 0.1) is 11.6 Å². The largest absolute Gasteiger partial charge is 0.416 e. The Bertz CT molecular complexity index is 905. The van der Waals surface area contributed by atoms with Crippen LogP contribution in [0.25, 0.3) is 0 Å². The van der Waals surface area contributed by atoms with Gasteiger partial charge in [-0.25, -0.2) is 0 Å². The van der Waals surface area contributed by atoms with Gasteiger partial charge >= 0.3 is 6.18 Å². The third-order valence-corrected chi connectivity index (χ3v) is 5.34. The number of hydrogen-bond acceptors (Lipinski definition) is 4. The average molecular weight is 419 g/mol. The lowest BCUT2D eigenvalue weighted by Gasteiger charge is -2.38. The Kier molecular flexibility index (Phi) is 6.45. The molecule has 0 radical (unpaired) electrons. The second kappa shape index (κ2) is 8.87. The minimum atomic E-state index is -4.37. The minimum Gasteiger partial charge on any atom is -0.369 e. The monoisotopic (exact) mass is 419 g/mol. The predicted octanol–water partition coefficient (Wildman–Crippen LogP) is 4.06. The van der Waals surface area contributed by atoms with E-state index >= 15 is 0 Å². The summed E-state index contributed by atoms with van der Waals surface area (Å²) in [6.45, 7) is 5.48. The molecule has 1 heterocycles. The molecule has 1 saturated heterocycles. The van der Waals surface area contributed by atoms with Gasteiger partial charge in [0.15, 0.2) is 5.78 Å². The van der Waals surface area contributed by atoms with E-state index < -0.39 is 11.7 Å². The number of halogens is 3. The fourth-order valence-corrected chi connectivity index (χ4v) is 3.45. The van der Waals surface area contributed by atoms with Crippen LogP contribution < -0.4 is 10.2 Å². The van der Waals surface area contributed by atoms with E-state index in [1.807, 2.05) is 9.80 Å². The van der Waals surface area contributed by atoms with Crippen molar-refractivity contribution >= 4 is 23.1 Å². The molecule has 2 aromatic carbocycles. The predicted molar refractivity (Wildman–Crippen MR) is 110 cm³/mol. The lowest BCUT2D eigenvalue weighted by Crippen LogP contribution is -2.52. The molecule has 1 aliphatic rings. The van der Waals surface area contributed by atoms with Crippen LogP contribution in [0.2, 0.25) is 0 Å². The molecule has 160 valence electrons. The number of rotatable bonds is 5. The van der Waals surface area contributed by atoms with Gasteiger partial charge in [0.25, 0.3) is 0 Å². The van der Waals surface area contributed by atoms with E-state index in [1.54, 1.807) is 37.3 Å². The number of Topliss-reactive ketones (excluding diaryl/α,β-unsaturated/α-hetero) is 1. The third-order valence-electron chi connectivity index (χ3n) is 5.34. The Morgan fingerprint density at radius 1 is 1.00 bits per heavy atom. The first-order chi connectivity index (χ1) is 14.1. The first-order valence-corrected chi connectivity index (χ1v) is 9.73. The summed E-state index contributed by atoms with van der Waals surface area (Å²) in [6.07, 6.45) is -4.37. The molecule has 1 aliphatic heterocycles. The van der Waals surface area contributed by atoms with E-state index in [1.165, 1.54) is 13.0 Å². The lowest BCUT2D eigenvalue weighted by molar-refractivity contribution is -0.137. The number of carbonyl (C=O) groups excluding carboxylic acids is 2. The van der Waals surface area contributed by atoms with Crippen molar-refractivity contribution in [2.24, 2.45) is 0 Å². The summed E-state index contributed by atoms with van der Waals surface area (Å²) >= 11 is 0. The van der Waals surface area contributed by atoms with Crippen molar-refractivity contribution in [1.82, 2.24) is 4.90 Å². The summed E-state index contributed by atoms with van der Waals surface area (Å²) in [5.74, 6) is -0.210. The zero-order valence-electron chi connectivity index (χ0n) is 16.9. The number of amides is 1. The quantitative estimate of drug-likeness (QED) is 0.743. The molecule has 30 heavy (non-hydrogen) atoms. The molecular weight excluding hydrogens is 395 g/mol. The van der Waals surface area contributed by atoms with Gasteiger partial charge in [-0.2, -0.15) is 13.2 Å². The van der Waals surface area contributed by atoms with Gasteiger partial charge in [0, 0.05) is 43.1 Å². The van der Waals surface area contributed by atoms with Gasteiger partial charge < -0.3 is 10.2 Å². The number of anilines is 2. The summed E-state index contributed by atoms with van der Waals surface area (Å²) in [5.41, 5.74) is 1.06. The molecule has 5 nitrogen and oxygen atoms in total. The van der Waals surface area contributed by atoms with Crippen LogP contribution in [0.15, 0.2) is 48.5 Å². The highest BCUT2D eigenvalue weighted by molar-refractivity contribution is 5.97. The fraction of sp³-hybridized carbons (Fsp3) is 0.364. The molecule has 1 amide bonds. The lowest BCUT2D eigenvalue weighted by atomic mass is 10.1. The van der Waals surface area contributed by atoms with Crippen molar-refractivity contribution in [2.45, 2.75) is 26.1 Å². The smallest absolute Gasteiger partial charge is 0.369 e. The Morgan fingerprint density at radius 2 is 1.63 bits per heavy atom. The Hall–Kier alpha value is -2.87. The zero-order chi connectivity index (χ0) is 21.9. The zero-order valence-corrected chi connectivity index (χ0v) is 16.9. The van der Waals surface area contributed by atoms with Crippen LogP contribution in [0.1, 0.15) is 29.8 Å². The Labute approximate surface area is 173 Å².